The van der Waals surface area contributed by atoms with Crippen molar-refractivity contribution >= 4 is 24.5 Å². The predicted octanol–water partition coefficient (Wildman–Crippen LogP) is -0.280. The molecule has 18 heavy (non-hydrogen) atoms. The molecule has 1 fully saturated rings. The number of rotatable bonds is 1. The number of carbonyl (C=O) groups is 2. The minimum absolute atomic E-state index is 0.0147. The van der Waals surface area contributed by atoms with Gasteiger partial charge < -0.3 is 13.8 Å². The van der Waals surface area contributed by atoms with Crippen molar-refractivity contribution in [2.45, 2.75) is 0 Å². The molecule has 0 bridgehead atoms. The fourth-order valence-electron chi connectivity index (χ4n) is 1.76. The first-order valence-electron chi connectivity index (χ1n) is 5.59. The molecule has 1 aliphatic heterocycles. The number of likely N-dealkylation sites (N-methyl/N-ethyl adjacent to an activating group) is 1. The summed E-state index contributed by atoms with van der Waals surface area (Å²) in [7, 11) is 4.47. The van der Waals surface area contributed by atoms with Crippen LogP contribution in [-0.4, -0.2) is 43.7 Å². The summed E-state index contributed by atoms with van der Waals surface area (Å²) in [5, 5.41) is 0. The van der Waals surface area contributed by atoms with Gasteiger partial charge in [-0.15, -0.1) is 7.05 Å². The van der Waals surface area contributed by atoms with E-state index >= 15 is 0 Å². The Morgan fingerprint density at radius 2 is 1.61 bits per heavy atom. The predicted molar refractivity (Wildman–Crippen MR) is 65.3 cm³/mol. The van der Waals surface area contributed by atoms with E-state index in [-0.39, 0.29) is 17.6 Å². The molecule has 94 valence electrons. The summed E-state index contributed by atoms with van der Waals surface area (Å²) in [6.45, 7) is 0.0802. The van der Waals surface area contributed by atoms with Crippen LogP contribution in [0.15, 0.2) is 30.3 Å². The van der Waals surface area contributed by atoms with Gasteiger partial charge in [0.2, 0.25) is 0 Å². The maximum atomic E-state index is 11.7. The first-order chi connectivity index (χ1) is 8.46. The molecule has 0 atom stereocenters. The molecule has 1 saturated heterocycles. The van der Waals surface area contributed by atoms with E-state index in [0.717, 1.165) is 0 Å². The number of hydrogen-bond acceptors (Lipinski definition) is 4. The summed E-state index contributed by atoms with van der Waals surface area (Å²) in [4.78, 5) is 23.3. The Labute approximate surface area is 106 Å². The SMILES string of the molecule is [CH2-][N+]1(C)CC(=O)OB(c2ccccc2)OC(=O)C1. The summed E-state index contributed by atoms with van der Waals surface area (Å²) in [5.74, 6) is -0.872. The molecule has 0 aromatic heterocycles. The van der Waals surface area contributed by atoms with Gasteiger partial charge in [-0.2, -0.15) is 0 Å². The minimum Gasteiger partial charge on any atom is -0.491 e. The second-order valence-electron chi connectivity index (χ2n) is 4.66. The zero-order chi connectivity index (χ0) is 13.2. The number of hydrogen-bond donors (Lipinski definition) is 0. The third kappa shape index (κ3) is 3.10. The molecule has 0 amide bonds. The molecular formula is C12H14BNO4. The fraction of sp³-hybridized carbons (Fsp3) is 0.250. The van der Waals surface area contributed by atoms with Crippen LogP contribution in [0, 0.1) is 7.05 Å². The van der Waals surface area contributed by atoms with E-state index in [1.54, 1.807) is 31.3 Å². The van der Waals surface area contributed by atoms with E-state index < -0.39 is 19.1 Å². The molecule has 0 saturated carbocycles. The van der Waals surface area contributed by atoms with Crippen LogP contribution in [0.2, 0.25) is 0 Å². The smallest absolute Gasteiger partial charge is 0.491 e. The molecule has 2 rings (SSSR count). The van der Waals surface area contributed by atoms with Gasteiger partial charge in [-0.25, -0.2) is 9.59 Å². The molecule has 6 heteroatoms. The number of benzene rings is 1. The Kier molecular flexibility index (Phi) is 3.38. The highest BCUT2D eigenvalue weighted by Crippen LogP contribution is 2.07. The topological polar surface area (TPSA) is 52.6 Å². The maximum Gasteiger partial charge on any atom is 0.636 e. The zero-order valence-corrected chi connectivity index (χ0v) is 10.2. The molecule has 0 radical (unpaired) electrons. The average molecular weight is 247 g/mol. The highest BCUT2D eigenvalue weighted by molar-refractivity contribution is 6.64. The lowest BCUT2D eigenvalue weighted by Crippen LogP contribution is -2.53. The summed E-state index contributed by atoms with van der Waals surface area (Å²) in [5.41, 5.74) is 0.638. The Balaban J connectivity index is 2.19. The lowest BCUT2D eigenvalue weighted by Gasteiger charge is -2.37. The van der Waals surface area contributed by atoms with E-state index in [2.05, 4.69) is 7.05 Å². The first kappa shape index (κ1) is 12.6. The van der Waals surface area contributed by atoms with Crippen LogP contribution in [0.25, 0.3) is 0 Å². The van der Waals surface area contributed by atoms with Crippen LogP contribution in [0.3, 0.4) is 0 Å². The number of quaternary nitrogens is 1. The van der Waals surface area contributed by atoms with Crippen molar-refractivity contribution in [1.82, 2.24) is 0 Å². The van der Waals surface area contributed by atoms with E-state index in [9.17, 15) is 9.59 Å². The molecule has 5 nitrogen and oxygen atoms in total. The monoisotopic (exact) mass is 247 g/mol. The molecule has 0 unspecified atom stereocenters. The maximum absolute atomic E-state index is 11.7. The Morgan fingerprint density at radius 1 is 1.11 bits per heavy atom. The third-order valence-electron chi connectivity index (χ3n) is 2.57. The van der Waals surface area contributed by atoms with Gasteiger partial charge in [0, 0.05) is 12.5 Å². The van der Waals surface area contributed by atoms with Crippen LogP contribution in [0.1, 0.15) is 0 Å². The van der Waals surface area contributed by atoms with Crippen molar-refractivity contribution in [1.29, 1.82) is 0 Å². The third-order valence-corrected chi connectivity index (χ3v) is 2.57. The van der Waals surface area contributed by atoms with Crippen molar-refractivity contribution in [2.24, 2.45) is 0 Å². The summed E-state index contributed by atoms with van der Waals surface area (Å²) < 4.78 is 10.3. The highest BCUT2D eigenvalue weighted by Gasteiger charge is 2.36. The average Bonchev–Trinajstić information content (AvgIpc) is 2.26. The van der Waals surface area contributed by atoms with Gasteiger partial charge in [0.25, 0.3) is 0 Å². The number of carbonyl (C=O) groups excluding carboxylic acids is 2. The lowest BCUT2D eigenvalue weighted by molar-refractivity contribution is -0.851. The van der Waals surface area contributed by atoms with Crippen LogP contribution in [0.4, 0.5) is 0 Å². The second-order valence-corrected chi connectivity index (χ2v) is 4.66. The van der Waals surface area contributed by atoms with Crippen molar-refractivity contribution in [2.75, 3.05) is 20.1 Å². The number of nitrogens with zero attached hydrogens (tertiary/aromatic N) is 1. The van der Waals surface area contributed by atoms with E-state index in [1.165, 1.54) is 0 Å². The Hall–Kier alpha value is -1.82. The molecular weight excluding hydrogens is 233 g/mol. The molecule has 1 aromatic rings. The standard InChI is InChI=1S/C12H14BNO4/c1-14(2)8-11(15)17-13(18-12(16)9-14)10-6-4-3-5-7-10/h3-7H,1,8-9H2,2H3. The first-order valence-corrected chi connectivity index (χ1v) is 5.59. The molecule has 0 N–H and O–H groups in total. The van der Waals surface area contributed by atoms with Gasteiger partial charge in [-0.3, -0.25) is 0 Å². The van der Waals surface area contributed by atoms with Gasteiger partial charge >= 0.3 is 19.1 Å². The summed E-state index contributed by atoms with van der Waals surface area (Å²) >= 11 is 0. The van der Waals surface area contributed by atoms with Crippen molar-refractivity contribution in [3.05, 3.63) is 37.4 Å². The van der Waals surface area contributed by atoms with Crippen molar-refractivity contribution < 1.29 is 23.4 Å². The van der Waals surface area contributed by atoms with Crippen LogP contribution >= 0.6 is 0 Å². The molecule has 1 aromatic carbocycles. The van der Waals surface area contributed by atoms with E-state index in [4.69, 9.17) is 9.31 Å². The molecule has 1 heterocycles. The van der Waals surface area contributed by atoms with Crippen LogP contribution < -0.4 is 5.46 Å². The van der Waals surface area contributed by atoms with E-state index in [0.29, 0.717) is 5.46 Å². The van der Waals surface area contributed by atoms with Gasteiger partial charge in [0.05, 0.1) is 0 Å². The van der Waals surface area contributed by atoms with Gasteiger partial charge in [-0.1, -0.05) is 30.3 Å². The normalized spacial score (nSPS) is 19.6. The van der Waals surface area contributed by atoms with E-state index in [1.807, 2.05) is 6.07 Å². The Morgan fingerprint density at radius 3 is 2.11 bits per heavy atom. The largest absolute Gasteiger partial charge is 0.636 e. The van der Waals surface area contributed by atoms with Gasteiger partial charge in [0.15, 0.2) is 13.1 Å². The van der Waals surface area contributed by atoms with Gasteiger partial charge in [-0.05, 0) is 0 Å². The van der Waals surface area contributed by atoms with Crippen molar-refractivity contribution in [3.63, 3.8) is 0 Å². The van der Waals surface area contributed by atoms with Crippen molar-refractivity contribution in [3.8, 4) is 0 Å². The minimum atomic E-state index is -0.966. The summed E-state index contributed by atoms with van der Waals surface area (Å²) in [6.07, 6.45) is 0. The molecule has 1 aliphatic rings. The second kappa shape index (κ2) is 4.82. The molecule has 0 spiro atoms. The highest BCUT2D eigenvalue weighted by atomic mass is 16.6. The lowest BCUT2D eigenvalue weighted by atomic mass is 9.78. The quantitative estimate of drug-likeness (QED) is 0.389. The molecule has 0 aliphatic carbocycles. The Bertz CT molecular complexity index is 438. The van der Waals surface area contributed by atoms with Crippen LogP contribution in [0.5, 0.6) is 0 Å². The fourth-order valence-corrected chi connectivity index (χ4v) is 1.76. The zero-order valence-electron chi connectivity index (χ0n) is 10.2. The van der Waals surface area contributed by atoms with Gasteiger partial charge in [0.1, 0.15) is 0 Å². The van der Waals surface area contributed by atoms with Crippen LogP contribution in [-0.2, 0) is 18.9 Å². The summed E-state index contributed by atoms with van der Waals surface area (Å²) in [6, 6.07) is 8.89.